The lowest BCUT2D eigenvalue weighted by Gasteiger charge is -2.28. The summed E-state index contributed by atoms with van der Waals surface area (Å²) in [4.78, 5) is 16.7. The van der Waals surface area contributed by atoms with Crippen molar-refractivity contribution in [2.75, 3.05) is 11.9 Å². The molecule has 2 N–H and O–H groups in total. The summed E-state index contributed by atoms with van der Waals surface area (Å²) in [6.07, 6.45) is 3.28. The molecule has 0 fully saturated rings. The second-order valence-electron chi connectivity index (χ2n) is 7.90. The van der Waals surface area contributed by atoms with Crippen LogP contribution < -0.4 is 4.90 Å². The lowest BCUT2D eigenvalue weighted by molar-refractivity contribution is -0.116. The van der Waals surface area contributed by atoms with Crippen molar-refractivity contribution in [1.29, 1.82) is 0 Å². The smallest absolute Gasteiger partial charge is 0.223 e. The van der Waals surface area contributed by atoms with E-state index in [0.29, 0.717) is 5.41 Å². The number of aromatic amines is 2. The molecule has 1 aliphatic rings. The molecule has 2 heterocycles. The Morgan fingerprint density at radius 1 is 1.28 bits per heavy atom. The highest BCUT2D eigenvalue weighted by Crippen LogP contribution is 2.38. The van der Waals surface area contributed by atoms with Gasteiger partial charge in [0.15, 0.2) is 0 Å². The standard InChI is InChI=1S/C20H24N4O/c1-12(25)24(4)14-6-5-13-9-17(21-16(13)10-14)19-15-7-8-20(2,3)11-18(15)22-23-19/h5-6,9-10,21H,7-8,11H2,1-4H3,(H,22,23). The van der Waals surface area contributed by atoms with Gasteiger partial charge in [-0.15, -0.1) is 0 Å². The van der Waals surface area contributed by atoms with Crippen LogP contribution in [0.25, 0.3) is 22.3 Å². The van der Waals surface area contributed by atoms with Gasteiger partial charge in [-0.1, -0.05) is 19.9 Å². The van der Waals surface area contributed by atoms with Crippen LogP contribution in [0.3, 0.4) is 0 Å². The molecule has 3 aromatic rings. The van der Waals surface area contributed by atoms with Crippen LogP contribution in [0.15, 0.2) is 24.3 Å². The molecule has 0 radical (unpaired) electrons. The zero-order valence-corrected chi connectivity index (χ0v) is 15.2. The maximum Gasteiger partial charge on any atom is 0.223 e. The summed E-state index contributed by atoms with van der Waals surface area (Å²) in [6, 6.07) is 8.18. The minimum Gasteiger partial charge on any atom is -0.353 e. The van der Waals surface area contributed by atoms with Crippen molar-refractivity contribution in [2.45, 2.75) is 40.0 Å². The molecule has 5 nitrogen and oxygen atoms in total. The number of nitrogens with zero attached hydrogens (tertiary/aromatic N) is 2. The summed E-state index contributed by atoms with van der Waals surface area (Å²) in [7, 11) is 1.79. The van der Waals surface area contributed by atoms with E-state index in [1.54, 1.807) is 18.9 Å². The number of benzene rings is 1. The topological polar surface area (TPSA) is 64.8 Å². The van der Waals surface area contributed by atoms with E-state index < -0.39 is 0 Å². The van der Waals surface area contributed by atoms with Gasteiger partial charge >= 0.3 is 0 Å². The third-order valence-electron chi connectivity index (χ3n) is 5.38. The van der Waals surface area contributed by atoms with Crippen LogP contribution in [0.2, 0.25) is 0 Å². The number of H-pyrrole nitrogens is 2. The lowest BCUT2D eigenvalue weighted by Crippen LogP contribution is -2.22. The molecular weight excluding hydrogens is 312 g/mol. The molecule has 25 heavy (non-hydrogen) atoms. The average molecular weight is 336 g/mol. The maximum absolute atomic E-state index is 11.6. The number of rotatable bonds is 2. The normalized spacial score (nSPS) is 16.0. The molecular formula is C20H24N4O. The van der Waals surface area contributed by atoms with Crippen molar-refractivity contribution < 1.29 is 4.79 Å². The molecule has 1 aliphatic carbocycles. The van der Waals surface area contributed by atoms with E-state index >= 15 is 0 Å². The fourth-order valence-electron chi connectivity index (χ4n) is 3.70. The number of hydrogen-bond acceptors (Lipinski definition) is 2. The zero-order chi connectivity index (χ0) is 17.8. The third-order valence-corrected chi connectivity index (χ3v) is 5.38. The highest BCUT2D eigenvalue weighted by molar-refractivity contribution is 5.95. The van der Waals surface area contributed by atoms with Gasteiger partial charge < -0.3 is 9.88 Å². The molecule has 0 spiro atoms. The number of carbonyl (C=O) groups excluding carboxylic acids is 1. The molecule has 0 aliphatic heterocycles. The van der Waals surface area contributed by atoms with Crippen molar-refractivity contribution in [3.63, 3.8) is 0 Å². The second kappa shape index (κ2) is 5.48. The largest absolute Gasteiger partial charge is 0.353 e. The number of hydrogen-bond donors (Lipinski definition) is 2. The first-order valence-electron chi connectivity index (χ1n) is 8.78. The van der Waals surface area contributed by atoms with E-state index in [0.717, 1.165) is 40.8 Å². The van der Waals surface area contributed by atoms with Crippen LogP contribution in [0.4, 0.5) is 5.69 Å². The fraction of sp³-hybridized carbons (Fsp3) is 0.400. The van der Waals surface area contributed by atoms with Crippen LogP contribution in [0.1, 0.15) is 38.4 Å². The van der Waals surface area contributed by atoms with Crippen LogP contribution >= 0.6 is 0 Å². The Hall–Kier alpha value is -2.56. The van der Waals surface area contributed by atoms with Crippen molar-refractivity contribution in [2.24, 2.45) is 5.41 Å². The first kappa shape index (κ1) is 15.9. The molecule has 0 atom stereocenters. The molecule has 2 aromatic heterocycles. The summed E-state index contributed by atoms with van der Waals surface area (Å²) < 4.78 is 0. The Balaban J connectivity index is 1.74. The van der Waals surface area contributed by atoms with Gasteiger partial charge in [-0.25, -0.2) is 0 Å². The minimum absolute atomic E-state index is 0.0233. The molecule has 0 unspecified atom stereocenters. The number of aromatic nitrogens is 3. The summed E-state index contributed by atoms with van der Waals surface area (Å²) in [5.74, 6) is 0.0233. The van der Waals surface area contributed by atoms with Crippen LogP contribution in [-0.4, -0.2) is 28.1 Å². The van der Waals surface area contributed by atoms with Crippen LogP contribution in [-0.2, 0) is 17.6 Å². The highest BCUT2D eigenvalue weighted by Gasteiger charge is 2.29. The summed E-state index contributed by atoms with van der Waals surface area (Å²) in [6.45, 7) is 6.20. The van der Waals surface area contributed by atoms with Crippen molar-refractivity contribution in [3.05, 3.63) is 35.5 Å². The van der Waals surface area contributed by atoms with Crippen LogP contribution in [0.5, 0.6) is 0 Å². The minimum atomic E-state index is 0.0233. The summed E-state index contributed by atoms with van der Waals surface area (Å²) in [5, 5.41) is 8.97. The Bertz CT molecular complexity index is 963. The van der Waals surface area contributed by atoms with Gasteiger partial charge in [-0.3, -0.25) is 9.89 Å². The van der Waals surface area contributed by atoms with Crippen molar-refractivity contribution >= 4 is 22.5 Å². The van der Waals surface area contributed by atoms with Gasteiger partial charge in [0.05, 0.1) is 5.69 Å². The fourth-order valence-corrected chi connectivity index (χ4v) is 3.70. The Morgan fingerprint density at radius 3 is 2.84 bits per heavy atom. The second-order valence-corrected chi connectivity index (χ2v) is 7.90. The van der Waals surface area contributed by atoms with E-state index in [1.165, 1.54) is 17.7 Å². The number of amides is 1. The van der Waals surface area contributed by atoms with Crippen molar-refractivity contribution in [3.8, 4) is 11.4 Å². The van der Waals surface area contributed by atoms with E-state index in [9.17, 15) is 4.79 Å². The number of nitrogens with one attached hydrogen (secondary N) is 2. The highest BCUT2D eigenvalue weighted by atomic mass is 16.2. The van der Waals surface area contributed by atoms with Gasteiger partial charge in [-0.05, 0) is 42.9 Å². The SMILES string of the molecule is CC(=O)N(C)c1ccc2cc(-c3n[nH]c4c3CCC(C)(C)C4)[nH]c2c1. The Kier molecular flexibility index (Phi) is 3.49. The average Bonchev–Trinajstić information content (AvgIpc) is 3.14. The monoisotopic (exact) mass is 336 g/mol. The molecule has 0 bridgehead atoms. The maximum atomic E-state index is 11.6. The molecule has 0 saturated carbocycles. The molecule has 1 aromatic carbocycles. The molecule has 0 saturated heterocycles. The van der Waals surface area contributed by atoms with Crippen LogP contribution in [0, 0.1) is 5.41 Å². The summed E-state index contributed by atoms with van der Waals surface area (Å²) >= 11 is 0. The molecule has 4 rings (SSSR count). The lowest BCUT2D eigenvalue weighted by atomic mass is 9.76. The molecule has 1 amide bonds. The van der Waals surface area contributed by atoms with Gasteiger partial charge in [0.25, 0.3) is 0 Å². The van der Waals surface area contributed by atoms with E-state index in [1.807, 2.05) is 18.2 Å². The first-order valence-corrected chi connectivity index (χ1v) is 8.78. The quantitative estimate of drug-likeness (QED) is 0.741. The van der Waals surface area contributed by atoms with E-state index in [4.69, 9.17) is 0 Å². The third kappa shape index (κ3) is 2.73. The first-order chi connectivity index (χ1) is 11.8. The van der Waals surface area contributed by atoms with Gasteiger partial charge in [-0.2, -0.15) is 5.10 Å². The van der Waals surface area contributed by atoms with Gasteiger partial charge in [0, 0.05) is 41.8 Å². The van der Waals surface area contributed by atoms with E-state index in [2.05, 4.69) is 35.1 Å². The van der Waals surface area contributed by atoms with Gasteiger partial charge in [0.1, 0.15) is 5.69 Å². The van der Waals surface area contributed by atoms with Crippen molar-refractivity contribution in [1.82, 2.24) is 15.2 Å². The number of carbonyl (C=O) groups is 1. The Labute approximate surface area is 147 Å². The predicted molar refractivity (Wildman–Crippen MR) is 101 cm³/mol. The zero-order valence-electron chi connectivity index (χ0n) is 15.2. The number of anilines is 1. The van der Waals surface area contributed by atoms with Gasteiger partial charge in [0.2, 0.25) is 5.91 Å². The predicted octanol–water partition coefficient (Wildman–Crippen LogP) is 4.06. The molecule has 130 valence electrons. The summed E-state index contributed by atoms with van der Waals surface area (Å²) in [5.41, 5.74) is 6.92. The van der Waals surface area contributed by atoms with E-state index in [-0.39, 0.29) is 5.91 Å². The number of fused-ring (bicyclic) bond motifs is 2. The molecule has 5 heteroatoms. The Morgan fingerprint density at radius 2 is 2.08 bits per heavy atom.